The van der Waals surface area contributed by atoms with E-state index in [1.165, 1.54) is 6.20 Å². The van der Waals surface area contributed by atoms with Crippen LogP contribution in [0.2, 0.25) is 0 Å². The highest BCUT2D eigenvalue weighted by atomic mass is 16.6. The van der Waals surface area contributed by atoms with Gasteiger partial charge < -0.3 is 4.98 Å². The number of carbonyl (C=O) groups excluding carboxylic acids is 1. The molecule has 0 bridgehead atoms. The van der Waals surface area contributed by atoms with Crippen molar-refractivity contribution in [3.8, 4) is 0 Å². The smallest absolute Gasteiger partial charge is 0.312 e. The summed E-state index contributed by atoms with van der Waals surface area (Å²) in [4.78, 5) is 27.0. The van der Waals surface area contributed by atoms with Crippen molar-refractivity contribution in [3.05, 3.63) is 27.0 Å². The van der Waals surface area contributed by atoms with Gasteiger partial charge in [0.25, 0.3) is 0 Å². The Morgan fingerprint density at radius 3 is 3.08 bits per heavy atom. The molecule has 13 heavy (non-hydrogen) atoms. The van der Waals surface area contributed by atoms with Gasteiger partial charge in [-0.2, -0.15) is 0 Å². The second-order valence-electron chi connectivity index (χ2n) is 2.61. The van der Waals surface area contributed by atoms with Gasteiger partial charge in [0.2, 0.25) is 5.91 Å². The maximum Gasteiger partial charge on any atom is 0.312 e. The minimum absolute atomic E-state index is 0.140. The second-order valence-corrected chi connectivity index (χ2v) is 2.61. The number of nitrogens with zero attached hydrogens (tertiary/aromatic N) is 2. The minimum atomic E-state index is -0.564. The molecule has 1 aromatic rings. The van der Waals surface area contributed by atoms with Gasteiger partial charge in [-0.3, -0.25) is 14.9 Å². The molecule has 0 fully saturated rings. The summed E-state index contributed by atoms with van der Waals surface area (Å²) >= 11 is 0. The van der Waals surface area contributed by atoms with Crippen molar-refractivity contribution in [1.29, 1.82) is 0 Å². The molecule has 66 valence electrons. The lowest BCUT2D eigenvalue weighted by Gasteiger charge is -1.91. The first-order valence-electron chi connectivity index (χ1n) is 3.62. The van der Waals surface area contributed by atoms with Gasteiger partial charge >= 0.3 is 5.69 Å². The van der Waals surface area contributed by atoms with Gasteiger partial charge in [-0.15, -0.1) is 0 Å². The van der Waals surface area contributed by atoms with E-state index in [1.807, 2.05) is 0 Å². The monoisotopic (exact) mass is 179 g/mol. The lowest BCUT2D eigenvalue weighted by molar-refractivity contribution is -0.386. The van der Waals surface area contributed by atoms with Gasteiger partial charge in [0, 0.05) is 6.42 Å². The summed E-state index contributed by atoms with van der Waals surface area (Å²) in [5, 5.41) is 11.1. The first kappa shape index (κ1) is 7.66. The molecule has 1 aromatic heterocycles. The van der Waals surface area contributed by atoms with E-state index in [0.29, 0.717) is 5.35 Å². The van der Waals surface area contributed by atoms with Gasteiger partial charge in [-0.25, -0.2) is 4.99 Å². The average Bonchev–Trinajstić information content (AvgIpc) is 2.46. The van der Waals surface area contributed by atoms with Gasteiger partial charge in [0.05, 0.1) is 16.5 Å². The van der Waals surface area contributed by atoms with Crippen LogP contribution in [0.5, 0.6) is 0 Å². The molecule has 0 radical (unpaired) electrons. The van der Waals surface area contributed by atoms with Crippen LogP contribution >= 0.6 is 0 Å². The Kier molecular flexibility index (Phi) is 1.48. The molecule has 1 N–H and O–H groups in total. The van der Waals surface area contributed by atoms with Crippen molar-refractivity contribution in [1.82, 2.24) is 4.98 Å². The van der Waals surface area contributed by atoms with Crippen molar-refractivity contribution >= 4 is 17.7 Å². The number of nitro groups is 1. The normalized spacial score (nSPS) is 14.3. The van der Waals surface area contributed by atoms with E-state index in [-0.39, 0.29) is 23.4 Å². The molecular weight excluding hydrogens is 174 g/mol. The van der Waals surface area contributed by atoms with Gasteiger partial charge in [0.15, 0.2) is 5.36 Å². The molecule has 0 saturated heterocycles. The van der Waals surface area contributed by atoms with Gasteiger partial charge in [0.1, 0.15) is 0 Å². The molecule has 6 heteroatoms. The summed E-state index contributed by atoms with van der Waals surface area (Å²) in [6.45, 7) is 0. The first-order valence-corrected chi connectivity index (χ1v) is 3.62. The Morgan fingerprint density at radius 2 is 2.38 bits per heavy atom. The number of aromatic nitrogens is 1. The summed E-state index contributed by atoms with van der Waals surface area (Å²) in [6, 6.07) is 0. The van der Waals surface area contributed by atoms with Crippen molar-refractivity contribution in [2.75, 3.05) is 0 Å². The van der Waals surface area contributed by atoms with E-state index in [9.17, 15) is 14.9 Å². The lowest BCUT2D eigenvalue weighted by Crippen LogP contribution is -2.29. The molecule has 2 rings (SSSR count). The van der Waals surface area contributed by atoms with Crippen LogP contribution in [0.15, 0.2) is 11.2 Å². The van der Waals surface area contributed by atoms with E-state index in [1.54, 1.807) is 6.08 Å². The molecule has 0 atom stereocenters. The van der Waals surface area contributed by atoms with Crippen LogP contribution in [0.1, 0.15) is 6.42 Å². The fourth-order valence-electron chi connectivity index (χ4n) is 1.19. The second kappa shape index (κ2) is 2.51. The molecule has 0 aliphatic carbocycles. The Bertz CT molecular complexity index is 500. The predicted octanol–water partition coefficient (Wildman–Crippen LogP) is -0.747. The molecular formula is C7H5N3O3. The number of carbonyl (C=O) groups is 1. The molecule has 6 nitrogen and oxygen atoms in total. The number of amides is 1. The molecule has 0 spiro atoms. The Balaban J connectivity index is 2.80. The third-order valence-corrected chi connectivity index (χ3v) is 1.78. The van der Waals surface area contributed by atoms with E-state index in [4.69, 9.17) is 0 Å². The summed E-state index contributed by atoms with van der Waals surface area (Å²) < 4.78 is 0. The number of nitrogens with one attached hydrogen (secondary N) is 1. The van der Waals surface area contributed by atoms with Crippen molar-refractivity contribution in [2.24, 2.45) is 4.99 Å². The van der Waals surface area contributed by atoms with Crippen LogP contribution in [0, 0.1) is 10.1 Å². The largest absolute Gasteiger partial charge is 0.354 e. The molecule has 0 unspecified atom stereocenters. The Labute approximate surface area is 71.7 Å². The fraction of sp³-hybridized carbons (Fsp3) is 0.143. The quantitative estimate of drug-likeness (QED) is 0.454. The molecule has 2 heterocycles. The maximum atomic E-state index is 10.9. The third-order valence-electron chi connectivity index (χ3n) is 1.78. The minimum Gasteiger partial charge on any atom is -0.354 e. The fourth-order valence-corrected chi connectivity index (χ4v) is 1.19. The lowest BCUT2D eigenvalue weighted by atomic mass is 10.3. The summed E-state index contributed by atoms with van der Waals surface area (Å²) in [7, 11) is 0. The first-order chi connectivity index (χ1) is 6.18. The number of hydrogen-bond acceptors (Lipinski definition) is 3. The van der Waals surface area contributed by atoms with Crippen LogP contribution in [0.3, 0.4) is 0 Å². The molecule has 1 amide bonds. The Morgan fingerprint density at radius 1 is 1.62 bits per heavy atom. The van der Waals surface area contributed by atoms with Crippen LogP contribution in [-0.4, -0.2) is 15.8 Å². The zero-order valence-electron chi connectivity index (χ0n) is 6.48. The summed E-state index contributed by atoms with van der Waals surface area (Å²) in [5.74, 6) is -0.352. The number of H-pyrrole nitrogens is 1. The van der Waals surface area contributed by atoms with Crippen LogP contribution in [0.4, 0.5) is 5.69 Å². The molecule has 1 aliphatic rings. The molecule has 0 aromatic carbocycles. The highest BCUT2D eigenvalue weighted by Crippen LogP contribution is 2.00. The highest BCUT2D eigenvalue weighted by Gasteiger charge is 2.15. The topological polar surface area (TPSA) is 88.4 Å². The van der Waals surface area contributed by atoms with E-state index < -0.39 is 4.92 Å². The highest BCUT2D eigenvalue weighted by molar-refractivity contribution is 5.83. The SMILES string of the molecule is O=C1CC=c2[nH]cc([N+](=O)[O-])c2=N1. The van der Waals surface area contributed by atoms with Gasteiger partial charge in [-0.05, 0) is 6.08 Å². The van der Waals surface area contributed by atoms with E-state index >= 15 is 0 Å². The number of rotatable bonds is 1. The van der Waals surface area contributed by atoms with E-state index in [0.717, 1.165) is 0 Å². The predicted molar refractivity (Wildman–Crippen MR) is 42.3 cm³/mol. The zero-order chi connectivity index (χ0) is 9.42. The Hall–Kier alpha value is -1.98. The van der Waals surface area contributed by atoms with E-state index in [2.05, 4.69) is 9.98 Å². The van der Waals surface area contributed by atoms with Crippen molar-refractivity contribution in [2.45, 2.75) is 6.42 Å². The molecule has 1 aliphatic heterocycles. The van der Waals surface area contributed by atoms with Crippen molar-refractivity contribution in [3.63, 3.8) is 0 Å². The zero-order valence-corrected chi connectivity index (χ0v) is 6.48. The van der Waals surface area contributed by atoms with Gasteiger partial charge in [-0.1, -0.05) is 0 Å². The maximum absolute atomic E-state index is 10.9. The average molecular weight is 179 g/mol. The third kappa shape index (κ3) is 1.12. The summed E-state index contributed by atoms with van der Waals surface area (Å²) in [6.07, 6.45) is 3.03. The number of fused-ring (bicyclic) bond motifs is 1. The summed E-state index contributed by atoms with van der Waals surface area (Å²) in [5.41, 5.74) is -0.153. The van der Waals surface area contributed by atoms with Crippen LogP contribution in [0.25, 0.3) is 6.08 Å². The standard InChI is InChI=1S/C7H5N3O3/c11-6-2-1-4-7(9-6)5(3-8-4)10(12)13/h1,3,8H,2H2. The number of aromatic amines is 1. The van der Waals surface area contributed by atoms with Crippen LogP contribution < -0.4 is 10.7 Å². The van der Waals surface area contributed by atoms with Crippen molar-refractivity contribution < 1.29 is 9.72 Å². The molecule has 0 saturated carbocycles. The van der Waals surface area contributed by atoms with Crippen LogP contribution in [-0.2, 0) is 4.79 Å². The number of hydrogen-bond donors (Lipinski definition) is 1.